The lowest BCUT2D eigenvalue weighted by molar-refractivity contribution is -0.140. The zero-order valence-corrected chi connectivity index (χ0v) is 17.9. The van der Waals surface area contributed by atoms with Gasteiger partial charge in [0.15, 0.2) is 0 Å². The number of nitrogens with zero attached hydrogens (tertiary/aromatic N) is 2. The van der Waals surface area contributed by atoms with Crippen molar-refractivity contribution >= 4 is 23.0 Å². The minimum Gasteiger partial charge on any atom is -0.497 e. The Morgan fingerprint density at radius 3 is 2.47 bits per heavy atom. The quantitative estimate of drug-likeness (QED) is 0.452. The molecule has 0 aliphatic carbocycles. The first-order valence-corrected chi connectivity index (χ1v) is 10.5. The van der Waals surface area contributed by atoms with Gasteiger partial charge in [0.25, 0.3) is 0 Å². The number of imidazole rings is 1. The maximum atomic E-state index is 13.4. The van der Waals surface area contributed by atoms with Crippen molar-refractivity contribution < 1.29 is 14.3 Å². The first-order valence-electron chi connectivity index (χ1n) is 10.5. The van der Waals surface area contributed by atoms with Gasteiger partial charge >= 0.3 is 5.97 Å². The van der Waals surface area contributed by atoms with Crippen LogP contribution in [0.3, 0.4) is 0 Å². The molecule has 0 bridgehead atoms. The molecule has 1 aliphatic rings. The van der Waals surface area contributed by atoms with E-state index < -0.39 is 0 Å². The predicted octanol–water partition coefficient (Wildman–Crippen LogP) is 5.08. The minimum atomic E-state index is -0.358. The number of benzene rings is 3. The number of para-hydroxylation sites is 2. The van der Waals surface area contributed by atoms with Crippen molar-refractivity contribution in [2.45, 2.75) is 19.6 Å². The van der Waals surface area contributed by atoms with Crippen LogP contribution in [0.4, 0.5) is 5.95 Å². The number of carbonyl (C=O) groups excluding carboxylic acids is 1. The molecule has 0 amide bonds. The zero-order valence-electron chi connectivity index (χ0n) is 17.9. The van der Waals surface area contributed by atoms with Gasteiger partial charge < -0.3 is 14.8 Å². The van der Waals surface area contributed by atoms with Crippen LogP contribution in [0.5, 0.6) is 5.75 Å². The van der Waals surface area contributed by atoms with E-state index in [2.05, 4.69) is 9.88 Å². The zero-order chi connectivity index (χ0) is 22.1. The first-order chi connectivity index (χ1) is 15.7. The molecule has 1 N–H and O–H groups in total. The SMILES string of the molecule is COc1ccc(COC(=O)C2=C(C)Nc3nc4ccccc4n3[C@H]2c2ccccc2)cc1. The number of anilines is 1. The van der Waals surface area contributed by atoms with Crippen LogP contribution in [-0.4, -0.2) is 22.6 Å². The molecule has 0 spiro atoms. The summed E-state index contributed by atoms with van der Waals surface area (Å²) in [7, 11) is 1.62. The Balaban J connectivity index is 1.52. The number of fused-ring (bicyclic) bond motifs is 3. The van der Waals surface area contributed by atoms with E-state index in [1.165, 1.54) is 0 Å². The number of ether oxygens (including phenoxy) is 2. The maximum absolute atomic E-state index is 13.4. The molecule has 32 heavy (non-hydrogen) atoms. The molecule has 6 heteroatoms. The summed E-state index contributed by atoms with van der Waals surface area (Å²) in [6.45, 7) is 2.07. The van der Waals surface area contributed by atoms with E-state index in [-0.39, 0.29) is 18.6 Å². The Bertz CT molecular complexity index is 1310. The van der Waals surface area contributed by atoms with Crippen LogP contribution >= 0.6 is 0 Å². The Kier molecular flexibility index (Phi) is 5.11. The number of esters is 1. The van der Waals surface area contributed by atoms with E-state index in [1.807, 2.05) is 85.8 Å². The fourth-order valence-electron chi connectivity index (χ4n) is 4.13. The fraction of sp³-hybridized carbons (Fsp3) is 0.154. The molecule has 0 unspecified atom stereocenters. The number of nitrogens with one attached hydrogen (secondary N) is 1. The van der Waals surface area contributed by atoms with E-state index in [0.29, 0.717) is 11.5 Å². The second-order valence-electron chi connectivity index (χ2n) is 7.70. The van der Waals surface area contributed by atoms with Crippen LogP contribution in [0.15, 0.2) is 90.1 Å². The van der Waals surface area contributed by atoms with Gasteiger partial charge in [-0.05, 0) is 42.3 Å². The van der Waals surface area contributed by atoms with Gasteiger partial charge in [-0.25, -0.2) is 9.78 Å². The number of allylic oxidation sites excluding steroid dienone is 1. The van der Waals surface area contributed by atoms with Crippen LogP contribution in [0.1, 0.15) is 24.1 Å². The molecular formula is C26H23N3O3. The Labute approximate surface area is 186 Å². The molecule has 2 heterocycles. The van der Waals surface area contributed by atoms with Crippen LogP contribution in [0.2, 0.25) is 0 Å². The van der Waals surface area contributed by atoms with Gasteiger partial charge in [0.2, 0.25) is 5.95 Å². The number of hydrogen-bond donors (Lipinski definition) is 1. The Morgan fingerprint density at radius 2 is 1.72 bits per heavy atom. The molecule has 5 rings (SSSR count). The topological polar surface area (TPSA) is 65.4 Å². The highest BCUT2D eigenvalue weighted by molar-refractivity contribution is 5.94. The molecule has 4 aromatic rings. The second kappa shape index (κ2) is 8.23. The molecule has 1 atom stereocenters. The molecular weight excluding hydrogens is 402 g/mol. The fourth-order valence-corrected chi connectivity index (χ4v) is 4.13. The highest BCUT2D eigenvalue weighted by atomic mass is 16.5. The lowest BCUT2D eigenvalue weighted by Crippen LogP contribution is -2.28. The van der Waals surface area contributed by atoms with Gasteiger partial charge in [-0.1, -0.05) is 54.6 Å². The van der Waals surface area contributed by atoms with Crippen LogP contribution in [-0.2, 0) is 16.1 Å². The summed E-state index contributed by atoms with van der Waals surface area (Å²) in [6, 6.07) is 25.1. The Morgan fingerprint density at radius 1 is 1.00 bits per heavy atom. The second-order valence-corrected chi connectivity index (χ2v) is 7.70. The van der Waals surface area contributed by atoms with Crippen molar-refractivity contribution in [3.8, 4) is 5.75 Å². The molecule has 3 aromatic carbocycles. The van der Waals surface area contributed by atoms with E-state index in [1.54, 1.807) is 7.11 Å². The van der Waals surface area contributed by atoms with Crippen molar-refractivity contribution in [2.24, 2.45) is 0 Å². The summed E-state index contributed by atoms with van der Waals surface area (Å²) in [5.41, 5.74) is 5.02. The summed E-state index contributed by atoms with van der Waals surface area (Å²) < 4.78 is 13.0. The van der Waals surface area contributed by atoms with Gasteiger partial charge in [-0.2, -0.15) is 0 Å². The normalized spacial score (nSPS) is 15.2. The number of methoxy groups -OCH3 is 1. The number of rotatable bonds is 5. The molecule has 0 saturated carbocycles. The third-order valence-corrected chi connectivity index (χ3v) is 5.69. The summed E-state index contributed by atoms with van der Waals surface area (Å²) in [4.78, 5) is 18.1. The van der Waals surface area contributed by atoms with Crippen molar-refractivity contribution in [3.63, 3.8) is 0 Å². The van der Waals surface area contributed by atoms with Crippen molar-refractivity contribution in [2.75, 3.05) is 12.4 Å². The average Bonchev–Trinajstić information content (AvgIpc) is 3.20. The van der Waals surface area contributed by atoms with Gasteiger partial charge in [0, 0.05) is 5.70 Å². The van der Waals surface area contributed by atoms with E-state index in [0.717, 1.165) is 33.6 Å². The standard InChI is InChI=1S/C26H23N3O3/c1-17-23(25(30)32-16-18-12-14-20(31-2)15-13-18)24(19-8-4-3-5-9-19)29-22-11-7-6-10-21(22)28-26(29)27-17/h3-15,24H,16H2,1-2H3,(H,27,28)/t24-/m0/s1. The average molecular weight is 425 g/mol. The van der Waals surface area contributed by atoms with Crippen molar-refractivity contribution in [1.82, 2.24) is 9.55 Å². The smallest absolute Gasteiger partial charge is 0.338 e. The highest BCUT2D eigenvalue weighted by Gasteiger charge is 2.34. The van der Waals surface area contributed by atoms with Gasteiger partial charge in [0.1, 0.15) is 12.4 Å². The summed E-state index contributed by atoms with van der Waals surface area (Å²) in [6.07, 6.45) is 0. The summed E-state index contributed by atoms with van der Waals surface area (Å²) >= 11 is 0. The highest BCUT2D eigenvalue weighted by Crippen LogP contribution is 2.39. The van der Waals surface area contributed by atoms with Crippen LogP contribution in [0, 0.1) is 0 Å². The summed E-state index contributed by atoms with van der Waals surface area (Å²) in [5.74, 6) is 1.12. The number of hydrogen-bond acceptors (Lipinski definition) is 5. The van der Waals surface area contributed by atoms with Crippen molar-refractivity contribution in [1.29, 1.82) is 0 Å². The van der Waals surface area contributed by atoms with Gasteiger partial charge in [-0.3, -0.25) is 4.57 Å². The molecule has 1 aliphatic heterocycles. The first kappa shape index (κ1) is 19.9. The van der Waals surface area contributed by atoms with Crippen molar-refractivity contribution in [3.05, 3.63) is 101 Å². The molecule has 0 fully saturated rings. The lowest BCUT2D eigenvalue weighted by Gasteiger charge is -2.30. The third kappa shape index (κ3) is 3.50. The van der Waals surface area contributed by atoms with E-state index >= 15 is 0 Å². The largest absolute Gasteiger partial charge is 0.497 e. The third-order valence-electron chi connectivity index (χ3n) is 5.69. The maximum Gasteiger partial charge on any atom is 0.338 e. The number of carbonyl (C=O) groups is 1. The predicted molar refractivity (Wildman–Crippen MR) is 123 cm³/mol. The monoisotopic (exact) mass is 425 g/mol. The molecule has 1 aromatic heterocycles. The lowest BCUT2D eigenvalue weighted by atomic mass is 9.95. The molecule has 6 nitrogen and oxygen atoms in total. The van der Waals surface area contributed by atoms with E-state index in [4.69, 9.17) is 14.5 Å². The van der Waals surface area contributed by atoms with Gasteiger partial charge in [-0.15, -0.1) is 0 Å². The van der Waals surface area contributed by atoms with Crippen LogP contribution < -0.4 is 10.1 Å². The molecule has 0 saturated heterocycles. The molecule has 0 radical (unpaired) electrons. The Hall–Kier alpha value is -4.06. The summed E-state index contributed by atoms with van der Waals surface area (Å²) in [5, 5.41) is 3.31. The minimum absolute atomic E-state index is 0.179. The van der Waals surface area contributed by atoms with Crippen LogP contribution in [0.25, 0.3) is 11.0 Å². The molecule has 160 valence electrons. The van der Waals surface area contributed by atoms with Gasteiger partial charge in [0.05, 0.1) is 29.8 Å². The number of aromatic nitrogens is 2. The van der Waals surface area contributed by atoms with E-state index in [9.17, 15) is 4.79 Å².